The predicted octanol–water partition coefficient (Wildman–Crippen LogP) is 3.58. The zero-order valence-electron chi connectivity index (χ0n) is 12.1. The fraction of sp³-hybridized carbons (Fsp3) is 0.500. The molecule has 114 valence electrons. The first-order chi connectivity index (χ1) is 10.0. The highest BCUT2D eigenvalue weighted by Crippen LogP contribution is 2.32. The van der Waals surface area contributed by atoms with Crippen LogP contribution in [-0.4, -0.2) is 23.5 Å². The van der Waals surface area contributed by atoms with Crippen LogP contribution in [0.2, 0.25) is 5.02 Å². The van der Waals surface area contributed by atoms with Gasteiger partial charge in [-0.3, -0.25) is 9.59 Å². The maximum Gasteiger partial charge on any atom is 0.306 e. The average Bonchev–Trinajstić information content (AvgIpc) is 2.81. The SMILES string of the molecule is CCCCC(C(=O)O)C1CC(=O)N(c2ccc(Cl)cc2)C1. The summed E-state index contributed by atoms with van der Waals surface area (Å²) in [5.41, 5.74) is 0.784. The molecule has 0 bridgehead atoms. The van der Waals surface area contributed by atoms with Gasteiger partial charge < -0.3 is 10.0 Å². The van der Waals surface area contributed by atoms with Crippen LogP contribution < -0.4 is 4.90 Å². The van der Waals surface area contributed by atoms with Crippen LogP contribution in [0.4, 0.5) is 5.69 Å². The Kier molecular flexibility index (Phi) is 5.23. The highest BCUT2D eigenvalue weighted by molar-refractivity contribution is 6.30. The standard InChI is InChI=1S/C16H20ClNO3/c1-2-3-4-14(16(20)21)11-9-15(19)18(10-11)13-7-5-12(17)6-8-13/h5-8,11,14H,2-4,9-10H2,1H3,(H,20,21). The van der Waals surface area contributed by atoms with E-state index < -0.39 is 11.9 Å². The second kappa shape index (κ2) is 6.94. The number of anilines is 1. The maximum atomic E-state index is 12.2. The fourth-order valence-electron chi connectivity index (χ4n) is 2.86. The first-order valence-corrected chi connectivity index (χ1v) is 7.69. The molecule has 0 aliphatic carbocycles. The summed E-state index contributed by atoms with van der Waals surface area (Å²) in [4.78, 5) is 25.3. The summed E-state index contributed by atoms with van der Waals surface area (Å²) >= 11 is 5.85. The first kappa shape index (κ1) is 15.8. The zero-order valence-corrected chi connectivity index (χ0v) is 12.8. The lowest BCUT2D eigenvalue weighted by Crippen LogP contribution is -2.28. The molecule has 1 aliphatic heterocycles. The van der Waals surface area contributed by atoms with Crippen LogP contribution in [0.3, 0.4) is 0 Å². The number of benzene rings is 1. The van der Waals surface area contributed by atoms with Gasteiger partial charge in [0.25, 0.3) is 0 Å². The van der Waals surface area contributed by atoms with E-state index in [1.54, 1.807) is 29.2 Å². The smallest absolute Gasteiger partial charge is 0.306 e. The van der Waals surface area contributed by atoms with Crippen molar-refractivity contribution >= 4 is 29.2 Å². The molecule has 0 radical (unpaired) electrons. The van der Waals surface area contributed by atoms with Crippen molar-refractivity contribution in [1.82, 2.24) is 0 Å². The van der Waals surface area contributed by atoms with Gasteiger partial charge >= 0.3 is 5.97 Å². The van der Waals surface area contributed by atoms with Crippen molar-refractivity contribution < 1.29 is 14.7 Å². The fourth-order valence-corrected chi connectivity index (χ4v) is 2.99. The third-order valence-corrected chi connectivity index (χ3v) is 4.30. The Hall–Kier alpha value is -1.55. The van der Waals surface area contributed by atoms with Crippen molar-refractivity contribution in [3.05, 3.63) is 29.3 Å². The van der Waals surface area contributed by atoms with Gasteiger partial charge in [0, 0.05) is 23.7 Å². The Morgan fingerprint density at radius 2 is 2.10 bits per heavy atom. The van der Waals surface area contributed by atoms with Gasteiger partial charge in [0.15, 0.2) is 0 Å². The summed E-state index contributed by atoms with van der Waals surface area (Å²) in [6.45, 7) is 2.51. The summed E-state index contributed by atoms with van der Waals surface area (Å²) in [5, 5.41) is 10.0. The summed E-state index contributed by atoms with van der Waals surface area (Å²) in [6.07, 6.45) is 2.79. The van der Waals surface area contributed by atoms with E-state index in [0.29, 0.717) is 24.4 Å². The molecule has 21 heavy (non-hydrogen) atoms. The van der Waals surface area contributed by atoms with Crippen LogP contribution in [0.15, 0.2) is 24.3 Å². The van der Waals surface area contributed by atoms with Crippen LogP contribution in [0.5, 0.6) is 0 Å². The number of halogens is 1. The third kappa shape index (κ3) is 3.76. The minimum Gasteiger partial charge on any atom is -0.481 e. The molecule has 1 fully saturated rings. The van der Waals surface area contributed by atoms with Gasteiger partial charge in [0.1, 0.15) is 0 Å². The van der Waals surface area contributed by atoms with Gasteiger partial charge in [-0.2, -0.15) is 0 Å². The van der Waals surface area contributed by atoms with Gasteiger partial charge in [-0.05, 0) is 36.6 Å². The molecule has 1 aromatic carbocycles. The number of amides is 1. The van der Waals surface area contributed by atoms with E-state index in [-0.39, 0.29) is 11.8 Å². The Morgan fingerprint density at radius 1 is 1.43 bits per heavy atom. The largest absolute Gasteiger partial charge is 0.481 e. The Morgan fingerprint density at radius 3 is 2.67 bits per heavy atom. The van der Waals surface area contributed by atoms with E-state index in [1.165, 1.54) is 0 Å². The summed E-state index contributed by atoms with van der Waals surface area (Å²) in [6, 6.07) is 7.07. The molecule has 1 aromatic rings. The van der Waals surface area contributed by atoms with Crippen LogP contribution >= 0.6 is 11.6 Å². The summed E-state index contributed by atoms with van der Waals surface area (Å²) < 4.78 is 0. The molecular formula is C16H20ClNO3. The second-order valence-corrected chi connectivity index (χ2v) is 5.97. The lowest BCUT2D eigenvalue weighted by molar-refractivity contribution is -0.143. The van der Waals surface area contributed by atoms with E-state index in [4.69, 9.17) is 11.6 Å². The van der Waals surface area contributed by atoms with E-state index >= 15 is 0 Å². The zero-order chi connectivity index (χ0) is 15.4. The van der Waals surface area contributed by atoms with Crippen LogP contribution in [0.25, 0.3) is 0 Å². The highest BCUT2D eigenvalue weighted by Gasteiger charge is 2.38. The van der Waals surface area contributed by atoms with E-state index in [0.717, 1.165) is 18.5 Å². The van der Waals surface area contributed by atoms with Crippen LogP contribution in [0, 0.1) is 11.8 Å². The number of carboxylic acid groups (broad SMARTS) is 1. The van der Waals surface area contributed by atoms with Crippen molar-refractivity contribution in [3.63, 3.8) is 0 Å². The molecule has 0 spiro atoms. The Bertz CT molecular complexity index is 515. The number of carboxylic acids is 1. The second-order valence-electron chi connectivity index (χ2n) is 5.53. The van der Waals surface area contributed by atoms with Crippen molar-refractivity contribution in [3.8, 4) is 0 Å². The van der Waals surface area contributed by atoms with Gasteiger partial charge in [0.05, 0.1) is 5.92 Å². The monoisotopic (exact) mass is 309 g/mol. The quantitative estimate of drug-likeness (QED) is 0.873. The molecule has 0 saturated carbocycles. The van der Waals surface area contributed by atoms with Gasteiger partial charge in [-0.15, -0.1) is 0 Å². The highest BCUT2D eigenvalue weighted by atomic mass is 35.5. The normalized spacial score (nSPS) is 19.8. The van der Waals surface area contributed by atoms with E-state index in [2.05, 4.69) is 0 Å². The molecule has 2 atom stereocenters. The number of aliphatic carboxylic acids is 1. The maximum absolute atomic E-state index is 12.2. The van der Waals surface area contributed by atoms with Crippen LogP contribution in [0.1, 0.15) is 32.6 Å². The molecule has 1 N–H and O–H groups in total. The molecule has 2 unspecified atom stereocenters. The molecule has 0 aromatic heterocycles. The van der Waals surface area contributed by atoms with Gasteiger partial charge in [0.2, 0.25) is 5.91 Å². The van der Waals surface area contributed by atoms with Crippen molar-refractivity contribution in [1.29, 1.82) is 0 Å². The number of unbranched alkanes of at least 4 members (excludes halogenated alkanes) is 1. The minimum absolute atomic E-state index is 0.00919. The number of hydrogen-bond acceptors (Lipinski definition) is 2. The van der Waals surface area contributed by atoms with Gasteiger partial charge in [-0.1, -0.05) is 31.4 Å². The first-order valence-electron chi connectivity index (χ1n) is 7.31. The predicted molar refractivity (Wildman–Crippen MR) is 82.6 cm³/mol. The van der Waals surface area contributed by atoms with E-state index in [9.17, 15) is 14.7 Å². The summed E-state index contributed by atoms with van der Waals surface area (Å²) in [7, 11) is 0. The van der Waals surface area contributed by atoms with Crippen molar-refractivity contribution in [2.45, 2.75) is 32.6 Å². The lowest BCUT2D eigenvalue weighted by Gasteiger charge is -2.20. The number of carbonyl (C=O) groups excluding carboxylic acids is 1. The van der Waals surface area contributed by atoms with Crippen molar-refractivity contribution in [2.24, 2.45) is 11.8 Å². The number of carbonyl (C=O) groups is 2. The minimum atomic E-state index is -0.792. The van der Waals surface area contributed by atoms with Gasteiger partial charge in [-0.25, -0.2) is 0 Å². The van der Waals surface area contributed by atoms with E-state index in [1.807, 2.05) is 6.92 Å². The molecule has 4 nitrogen and oxygen atoms in total. The number of rotatable bonds is 6. The molecule has 1 saturated heterocycles. The molecule has 2 rings (SSSR count). The number of hydrogen-bond donors (Lipinski definition) is 1. The average molecular weight is 310 g/mol. The molecule has 5 heteroatoms. The van der Waals surface area contributed by atoms with Crippen molar-refractivity contribution in [2.75, 3.05) is 11.4 Å². The summed E-state index contributed by atoms with van der Waals surface area (Å²) in [5.74, 6) is -1.35. The molecular weight excluding hydrogens is 290 g/mol. The Balaban J connectivity index is 2.10. The number of nitrogens with zero attached hydrogens (tertiary/aromatic N) is 1. The lowest BCUT2D eigenvalue weighted by atomic mass is 9.87. The third-order valence-electron chi connectivity index (χ3n) is 4.05. The molecule has 1 heterocycles. The molecule has 1 aliphatic rings. The molecule has 1 amide bonds. The Labute approximate surface area is 129 Å². The topological polar surface area (TPSA) is 57.6 Å². The van der Waals surface area contributed by atoms with Crippen LogP contribution in [-0.2, 0) is 9.59 Å².